The van der Waals surface area contributed by atoms with Crippen LogP contribution in [0.5, 0.6) is 0 Å². The predicted octanol–water partition coefficient (Wildman–Crippen LogP) is 0.00510. The fraction of sp³-hybridized carbons (Fsp3) is 0.400. The lowest BCUT2D eigenvalue weighted by Crippen LogP contribution is -1.96. The second kappa shape index (κ2) is 2.96. The SMILES string of the molecule is O=COCC1=COCO1. The molecule has 9 heavy (non-hydrogen) atoms. The molecule has 0 amide bonds. The van der Waals surface area contributed by atoms with Gasteiger partial charge in [0, 0.05) is 0 Å². The van der Waals surface area contributed by atoms with Crippen LogP contribution in [0.25, 0.3) is 0 Å². The minimum atomic E-state index is 0.156. The van der Waals surface area contributed by atoms with Crippen molar-refractivity contribution in [1.29, 1.82) is 0 Å². The largest absolute Gasteiger partial charge is 0.461 e. The van der Waals surface area contributed by atoms with E-state index in [9.17, 15) is 4.79 Å². The summed E-state index contributed by atoms with van der Waals surface area (Å²) >= 11 is 0. The van der Waals surface area contributed by atoms with Crippen molar-refractivity contribution in [2.45, 2.75) is 0 Å². The first-order chi connectivity index (χ1) is 4.43. The Hall–Kier alpha value is -1.19. The third kappa shape index (κ3) is 1.64. The molecule has 0 atom stereocenters. The quantitative estimate of drug-likeness (QED) is 0.504. The van der Waals surface area contributed by atoms with Gasteiger partial charge in [-0.25, -0.2) is 0 Å². The zero-order valence-electron chi connectivity index (χ0n) is 4.70. The minimum absolute atomic E-state index is 0.156. The van der Waals surface area contributed by atoms with Gasteiger partial charge in [0.05, 0.1) is 0 Å². The number of carbonyl (C=O) groups excluding carboxylic acids is 1. The van der Waals surface area contributed by atoms with E-state index < -0.39 is 0 Å². The molecule has 4 nitrogen and oxygen atoms in total. The lowest BCUT2D eigenvalue weighted by molar-refractivity contribution is -0.128. The Balaban J connectivity index is 2.18. The van der Waals surface area contributed by atoms with Crippen LogP contribution in [-0.4, -0.2) is 19.9 Å². The Morgan fingerprint density at radius 3 is 3.33 bits per heavy atom. The van der Waals surface area contributed by atoms with E-state index in [0.29, 0.717) is 12.2 Å². The highest BCUT2D eigenvalue weighted by atomic mass is 16.7. The molecule has 1 heterocycles. The van der Waals surface area contributed by atoms with E-state index in [4.69, 9.17) is 4.74 Å². The summed E-state index contributed by atoms with van der Waals surface area (Å²) in [7, 11) is 0. The molecule has 0 spiro atoms. The monoisotopic (exact) mass is 130 g/mol. The van der Waals surface area contributed by atoms with E-state index in [-0.39, 0.29) is 13.4 Å². The number of hydrogen-bond acceptors (Lipinski definition) is 4. The van der Waals surface area contributed by atoms with Crippen molar-refractivity contribution < 1.29 is 19.0 Å². The van der Waals surface area contributed by atoms with Crippen molar-refractivity contribution in [3.05, 3.63) is 12.0 Å². The average Bonchev–Trinajstić information content (AvgIpc) is 2.34. The van der Waals surface area contributed by atoms with Crippen LogP contribution in [0.3, 0.4) is 0 Å². The highest BCUT2D eigenvalue weighted by Gasteiger charge is 2.04. The highest BCUT2D eigenvalue weighted by Crippen LogP contribution is 2.05. The van der Waals surface area contributed by atoms with Crippen LogP contribution < -0.4 is 0 Å². The first kappa shape index (κ1) is 5.94. The summed E-state index contributed by atoms with van der Waals surface area (Å²) in [5.74, 6) is 0.544. The zero-order chi connectivity index (χ0) is 6.53. The Labute approximate surface area is 52.0 Å². The molecule has 0 radical (unpaired) electrons. The summed E-state index contributed by atoms with van der Waals surface area (Å²) in [4.78, 5) is 9.62. The number of carbonyl (C=O) groups is 1. The molecule has 50 valence electrons. The Kier molecular flexibility index (Phi) is 1.95. The molecule has 0 bridgehead atoms. The van der Waals surface area contributed by atoms with E-state index >= 15 is 0 Å². The maximum Gasteiger partial charge on any atom is 0.293 e. The Bertz CT molecular complexity index is 129. The van der Waals surface area contributed by atoms with Crippen molar-refractivity contribution in [1.82, 2.24) is 0 Å². The van der Waals surface area contributed by atoms with Gasteiger partial charge < -0.3 is 14.2 Å². The Morgan fingerprint density at radius 1 is 1.89 bits per heavy atom. The second-order valence-corrected chi connectivity index (χ2v) is 1.42. The Morgan fingerprint density at radius 2 is 2.78 bits per heavy atom. The number of hydrogen-bond donors (Lipinski definition) is 0. The van der Waals surface area contributed by atoms with Gasteiger partial charge in [-0.3, -0.25) is 4.79 Å². The maximum atomic E-state index is 9.62. The molecule has 0 unspecified atom stereocenters. The topological polar surface area (TPSA) is 44.8 Å². The van der Waals surface area contributed by atoms with E-state index in [2.05, 4.69) is 9.47 Å². The number of rotatable bonds is 3. The van der Waals surface area contributed by atoms with Crippen molar-refractivity contribution in [2.24, 2.45) is 0 Å². The lowest BCUT2D eigenvalue weighted by atomic mass is 10.6. The molecular weight excluding hydrogens is 124 g/mol. The van der Waals surface area contributed by atoms with Crippen LogP contribution in [0.15, 0.2) is 12.0 Å². The molecular formula is C5H6O4. The van der Waals surface area contributed by atoms with Crippen molar-refractivity contribution in [3.63, 3.8) is 0 Å². The first-order valence-electron chi connectivity index (χ1n) is 2.42. The zero-order valence-corrected chi connectivity index (χ0v) is 4.70. The molecule has 1 rings (SSSR count). The van der Waals surface area contributed by atoms with Crippen molar-refractivity contribution >= 4 is 6.47 Å². The second-order valence-electron chi connectivity index (χ2n) is 1.42. The first-order valence-corrected chi connectivity index (χ1v) is 2.42. The smallest absolute Gasteiger partial charge is 0.293 e. The van der Waals surface area contributed by atoms with E-state index in [1.54, 1.807) is 0 Å². The molecule has 0 saturated heterocycles. The summed E-state index contributed by atoms with van der Waals surface area (Å²) in [5.41, 5.74) is 0. The molecule has 4 heteroatoms. The summed E-state index contributed by atoms with van der Waals surface area (Å²) in [6.07, 6.45) is 1.42. The summed E-state index contributed by atoms with van der Waals surface area (Å²) in [6.45, 7) is 0.740. The van der Waals surface area contributed by atoms with Gasteiger partial charge in [0.25, 0.3) is 6.47 Å². The third-order valence-corrected chi connectivity index (χ3v) is 0.821. The van der Waals surface area contributed by atoms with Gasteiger partial charge in [0.15, 0.2) is 12.4 Å². The summed E-state index contributed by atoms with van der Waals surface area (Å²) < 4.78 is 13.8. The van der Waals surface area contributed by atoms with Crippen LogP contribution in [0.4, 0.5) is 0 Å². The molecule has 0 saturated carbocycles. The van der Waals surface area contributed by atoms with Gasteiger partial charge in [-0.2, -0.15) is 0 Å². The molecule has 0 N–H and O–H groups in total. The molecule has 1 aliphatic heterocycles. The minimum Gasteiger partial charge on any atom is -0.461 e. The fourth-order valence-electron chi connectivity index (χ4n) is 0.463. The van der Waals surface area contributed by atoms with Crippen LogP contribution in [-0.2, 0) is 19.0 Å². The predicted molar refractivity (Wildman–Crippen MR) is 27.1 cm³/mol. The lowest BCUT2D eigenvalue weighted by Gasteiger charge is -1.96. The third-order valence-electron chi connectivity index (χ3n) is 0.821. The summed E-state index contributed by atoms with van der Waals surface area (Å²) in [5, 5.41) is 0. The van der Waals surface area contributed by atoms with E-state index in [1.807, 2.05) is 0 Å². The van der Waals surface area contributed by atoms with Gasteiger partial charge >= 0.3 is 0 Å². The van der Waals surface area contributed by atoms with Gasteiger partial charge in [-0.05, 0) is 0 Å². The summed E-state index contributed by atoms with van der Waals surface area (Å²) in [6, 6.07) is 0. The molecule has 0 aromatic heterocycles. The average molecular weight is 130 g/mol. The van der Waals surface area contributed by atoms with Crippen LogP contribution in [0, 0.1) is 0 Å². The van der Waals surface area contributed by atoms with E-state index in [0.717, 1.165) is 0 Å². The normalized spacial score (nSPS) is 15.3. The standard InChI is InChI=1S/C5H6O4/c6-3-7-1-5-2-8-4-9-5/h2-3H,1,4H2. The molecule has 0 aliphatic carbocycles. The molecule has 0 aromatic rings. The fourth-order valence-corrected chi connectivity index (χ4v) is 0.463. The van der Waals surface area contributed by atoms with Gasteiger partial charge in [0.2, 0.25) is 6.79 Å². The van der Waals surface area contributed by atoms with Gasteiger partial charge in [-0.1, -0.05) is 0 Å². The van der Waals surface area contributed by atoms with Crippen molar-refractivity contribution in [3.8, 4) is 0 Å². The van der Waals surface area contributed by atoms with Crippen LogP contribution in [0.1, 0.15) is 0 Å². The van der Waals surface area contributed by atoms with Crippen LogP contribution in [0.2, 0.25) is 0 Å². The van der Waals surface area contributed by atoms with Gasteiger partial charge in [-0.15, -0.1) is 0 Å². The highest BCUT2D eigenvalue weighted by molar-refractivity contribution is 5.37. The van der Waals surface area contributed by atoms with Crippen molar-refractivity contribution in [2.75, 3.05) is 13.4 Å². The maximum absolute atomic E-state index is 9.62. The van der Waals surface area contributed by atoms with Gasteiger partial charge in [0.1, 0.15) is 6.26 Å². The van der Waals surface area contributed by atoms with E-state index in [1.165, 1.54) is 6.26 Å². The molecule has 1 aliphatic rings. The number of ether oxygens (including phenoxy) is 3. The molecule has 0 aromatic carbocycles. The molecule has 0 fully saturated rings. The van der Waals surface area contributed by atoms with Crippen LogP contribution >= 0.6 is 0 Å².